The van der Waals surface area contributed by atoms with E-state index in [4.69, 9.17) is 19.2 Å². The summed E-state index contributed by atoms with van der Waals surface area (Å²) in [6.45, 7) is 5.45. The molecule has 0 atom stereocenters. The van der Waals surface area contributed by atoms with E-state index in [0.717, 1.165) is 30.6 Å². The standard InChI is InChI=1S/C23H24N2O4/c1-3-9-27-18-10-16(21(26)29-17-7-5-4-6-8-17)11-25-12-19(24-20(18)25)23-13-22(2,14-23)28-15-23/h4-8,10-12H,3,9,13-15H2,1-2H3. The molecule has 0 amide bonds. The number of hydrogen-bond acceptors (Lipinski definition) is 5. The highest BCUT2D eigenvalue weighted by atomic mass is 16.5. The highest BCUT2D eigenvalue weighted by Gasteiger charge is 2.61. The van der Waals surface area contributed by atoms with Gasteiger partial charge in [-0.05, 0) is 38.3 Å². The number of para-hydroxylation sites is 1. The quantitative estimate of drug-likeness (QED) is 0.466. The number of carbonyl (C=O) groups excluding carboxylic acids is 1. The number of pyridine rings is 1. The Hall–Kier alpha value is -2.86. The van der Waals surface area contributed by atoms with Gasteiger partial charge in [0, 0.05) is 23.9 Å². The topological polar surface area (TPSA) is 62.1 Å². The minimum atomic E-state index is -0.423. The fraction of sp³-hybridized carbons (Fsp3) is 0.391. The Balaban J connectivity index is 1.51. The molecule has 2 aliphatic heterocycles. The SMILES string of the molecule is CCCOc1cc(C(=O)Oc2ccccc2)cn2cc(C34COC(C)(C3)C4)nc12. The normalized spacial score (nSPS) is 25.0. The molecule has 0 unspecified atom stereocenters. The molecule has 0 spiro atoms. The van der Waals surface area contributed by atoms with Gasteiger partial charge in [-0.25, -0.2) is 9.78 Å². The van der Waals surface area contributed by atoms with Crippen LogP contribution in [-0.2, 0) is 10.2 Å². The Morgan fingerprint density at radius 3 is 2.72 bits per heavy atom. The van der Waals surface area contributed by atoms with Crippen molar-refractivity contribution in [3.8, 4) is 11.5 Å². The number of aromatic nitrogens is 2. The van der Waals surface area contributed by atoms with Crippen molar-refractivity contribution >= 4 is 11.6 Å². The van der Waals surface area contributed by atoms with Gasteiger partial charge >= 0.3 is 5.97 Å². The van der Waals surface area contributed by atoms with Crippen LogP contribution in [0, 0.1) is 0 Å². The molecule has 2 saturated heterocycles. The lowest BCUT2D eigenvalue weighted by molar-refractivity contribution is 0.0154. The van der Waals surface area contributed by atoms with Crippen LogP contribution in [0.25, 0.3) is 5.65 Å². The summed E-state index contributed by atoms with van der Waals surface area (Å²) in [5.74, 6) is 0.682. The van der Waals surface area contributed by atoms with E-state index in [2.05, 4.69) is 6.92 Å². The first kappa shape index (κ1) is 18.2. The zero-order valence-corrected chi connectivity index (χ0v) is 16.7. The molecule has 6 heteroatoms. The molecule has 1 saturated carbocycles. The molecule has 1 aromatic carbocycles. The van der Waals surface area contributed by atoms with Gasteiger partial charge in [-0.3, -0.25) is 0 Å². The molecule has 6 rings (SSSR count). The second-order valence-corrected chi connectivity index (χ2v) is 8.37. The average Bonchev–Trinajstić information content (AvgIpc) is 3.37. The van der Waals surface area contributed by atoms with Gasteiger partial charge in [0.2, 0.25) is 0 Å². The molecule has 1 aliphatic carbocycles. The summed E-state index contributed by atoms with van der Waals surface area (Å²) < 4.78 is 19.3. The number of imidazole rings is 1. The van der Waals surface area contributed by atoms with Gasteiger partial charge in [-0.2, -0.15) is 0 Å². The summed E-state index contributed by atoms with van der Waals surface area (Å²) in [5.41, 5.74) is 2.12. The van der Waals surface area contributed by atoms with E-state index in [9.17, 15) is 4.79 Å². The molecule has 0 radical (unpaired) electrons. The number of ether oxygens (including phenoxy) is 3. The Labute approximate surface area is 169 Å². The molecule has 4 heterocycles. The molecule has 6 nitrogen and oxygen atoms in total. The number of rotatable bonds is 6. The van der Waals surface area contributed by atoms with Crippen molar-refractivity contribution < 1.29 is 19.0 Å². The zero-order chi connectivity index (χ0) is 20.1. The Bertz CT molecular complexity index is 1070. The van der Waals surface area contributed by atoms with Crippen LogP contribution in [0.1, 0.15) is 49.2 Å². The van der Waals surface area contributed by atoms with E-state index in [-0.39, 0.29) is 11.0 Å². The summed E-state index contributed by atoms with van der Waals surface area (Å²) in [7, 11) is 0. The molecule has 2 aromatic heterocycles. The monoisotopic (exact) mass is 392 g/mol. The van der Waals surface area contributed by atoms with Gasteiger partial charge in [0.25, 0.3) is 0 Å². The van der Waals surface area contributed by atoms with Gasteiger partial charge in [-0.15, -0.1) is 0 Å². The third-order valence-electron chi connectivity index (χ3n) is 5.83. The predicted molar refractivity (Wildman–Crippen MR) is 108 cm³/mol. The van der Waals surface area contributed by atoms with Gasteiger partial charge < -0.3 is 18.6 Å². The molecule has 3 aromatic rings. The van der Waals surface area contributed by atoms with E-state index < -0.39 is 5.97 Å². The van der Waals surface area contributed by atoms with Crippen molar-refractivity contribution in [1.29, 1.82) is 0 Å². The van der Waals surface area contributed by atoms with Crippen LogP contribution in [0.15, 0.2) is 48.8 Å². The van der Waals surface area contributed by atoms with E-state index in [0.29, 0.717) is 30.3 Å². The lowest BCUT2D eigenvalue weighted by Crippen LogP contribution is -2.45. The van der Waals surface area contributed by atoms with Crippen LogP contribution in [0.5, 0.6) is 11.5 Å². The fourth-order valence-corrected chi connectivity index (χ4v) is 4.56. The van der Waals surface area contributed by atoms with Crippen molar-refractivity contribution in [2.24, 2.45) is 0 Å². The van der Waals surface area contributed by atoms with Crippen molar-refractivity contribution in [2.45, 2.75) is 44.1 Å². The van der Waals surface area contributed by atoms with Crippen molar-refractivity contribution in [3.05, 3.63) is 60.0 Å². The second-order valence-electron chi connectivity index (χ2n) is 8.37. The maximum atomic E-state index is 12.7. The summed E-state index contributed by atoms with van der Waals surface area (Å²) >= 11 is 0. The van der Waals surface area contributed by atoms with Crippen LogP contribution < -0.4 is 9.47 Å². The van der Waals surface area contributed by atoms with E-state index in [1.807, 2.05) is 35.7 Å². The molecule has 0 N–H and O–H groups in total. The first-order chi connectivity index (χ1) is 14.0. The largest absolute Gasteiger partial charge is 0.490 e. The molecule has 29 heavy (non-hydrogen) atoms. The van der Waals surface area contributed by atoms with Gasteiger partial charge in [0.05, 0.1) is 30.1 Å². The van der Waals surface area contributed by atoms with Crippen molar-refractivity contribution in [1.82, 2.24) is 9.38 Å². The Morgan fingerprint density at radius 1 is 1.24 bits per heavy atom. The molecule has 3 fully saturated rings. The minimum absolute atomic E-state index is 0.0119. The highest BCUT2D eigenvalue weighted by molar-refractivity contribution is 5.92. The van der Waals surface area contributed by atoms with Crippen LogP contribution in [-0.4, -0.2) is 34.2 Å². The predicted octanol–water partition coefficient (Wildman–Crippen LogP) is 4.16. The Kier molecular flexibility index (Phi) is 4.13. The lowest BCUT2D eigenvalue weighted by Gasteiger charge is -2.41. The summed E-state index contributed by atoms with van der Waals surface area (Å²) in [4.78, 5) is 17.6. The van der Waals surface area contributed by atoms with Gasteiger partial charge in [0.15, 0.2) is 11.4 Å². The first-order valence-corrected chi connectivity index (χ1v) is 10.1. The number of benzene rings is 1. The average molecular weight is 392 g/mol. The molecule has 2 bridgehead atoms. The van der Waals surface area contributed by atoms with Crippen LogP contribution in [0.3, 0.4) is 0 Å². The maximum Gasteiger partial charge on any atom is 0.345 e. The number of nitrogens with zero attached hydrogens (tertiary/aromatic N) is 2. The van der Waals surface area contributed by atoms with E-state index in [1.165, 1.54) is 0 Å². The molecular weight excluding hydrogens is 368 g/mol. The zero-order valence-electron chi connectivity index (χ0n) is 16.7. The van der Waals surface area contributed by atoms with Crippen LogP contribution in [0.4, 0.5) is 0 Å². The molecule has 3 aliphatic rings. The molecular formula is C23H24N2O4. The molecule has 150 valence electrons. The minimum Gasteiger partial charge on any atom is -0.490 e. The number of fused-ring (bicyclic) bond motifs is 2. The van der Waals surface area contributed by atoms with Crippen molar-refractivity contribution in [2.75, 3.05) is 13.2 Å². The number of hydrogen-bond donors (Lipinski definition) is 0. The van der Waals surface area contributed by atoms with Gasteiger partial charge in [-0.1, -0.05) is 25.1 Å². The highest BCUT2D eigenvalue weighted by Crippen LogP contribution is 2.58. The number of esters is 1. The smallest absolute Gasteiger partial charge is 0.345 e. The number of carbonyl (C=O) groups is 1. The fourth-order valence-electron chi connectivity index (χ4n) is 4.56. The van der Waals surface area contributed by atoms with Crippen molar-refractivity contribution in [3.63, 3.8) is 0 Å². The van der Waals surface area contributed by atoms with Crippen LogP contribution in [0.2, 0.25) is 0 Å². The Morgan fingerprint density at radius 2 is 2.03 bits per heavy atom. The summed E-state index contributed by atoms with van der Waals surface area (Å²) in [6, 6.07) is 10.8. The lowest BCUT2D eigenvalue weighted by atomic mass is 9.62. The van der Waals surface area contributed by atoms with Crippen LogP contribution >= 0.6 is 0 Å². The van der Waals surface area contributed by atoms with E-state index >= 15 is 0 Å². The second kappa shape index (κ2) is 6.59. The van der Waals surface area contributed by atoms with E-state index in [1.54, 1.807) is 24.4 Å². The maximum absolute atomic E-state index is 12.7. The summed E-state index contributed by atoms with van der Waals surface area (Å²) in [6.07, 6.45) is 6.60. The third-order valence-corrected chi connectivity index (χ3v) is 5.83. The third kappa shape index (κ3) is 3.08. The summed E-state index contributed by atoms with van der Waals surface area (Å²) in [5, 5.41) is 0. The first-order valence-electron chi connectivity index (χ1n) is 10.1. The van der Waals surface area contributed by atoms with Gasteiger partial charge in [0.1, 0.15) is 5.75 Å².